The monoisotopic (exact) mass is 278 g/mol. The Morgan fingerprint density at radius 1 is 1.06 bits per heavy atom. The van der Waals surface area contributed by atoms with Crippen molar-refractivity contribution < 1.29 is 16.8 Å². The van der Waals surface area contributed by atoms with E-state index in [4.69, 9.17) is 5.14 Å². The van der Waals surface area contributed by atoms with Crippen molar-refractivity contribution in [2.45, 2.75) is 23.1 Å². The van der Waals surface area contributed by atoms with Crippen molar-refractivity contribution in [1.82, 2.24) is 4.72 Å². The summed E-state index contributed by atoms with van der Waals surface area (Å²) in [6, 6.07) is 4.74. The summed E-state index contributed by atoms with van der Waals surface area (Å²) in [6.07, 6.45) is 0.675. The van der Waals surface area contributed by atoms with Crippen LogP contribution in [0.4, 0.5) is 0 Å². The fourth-order valence-corrected chi connectivity index (χ4v) is 2.78. The molecular formula is C9H14N2O4S2. The van der Waals surface area contributed by atoms with Gasteiger partial charge in [0.15, 0.2) is 0 Å². The van der Waals surface area contributed by atoms with Gasteiger partial charge in [-0.15, -0.1) is 0 Å². The highest BCUT2D eigenvalue weighted by Crippen LogP contribution is 2.12. The molecule has 0 radical (unpaired) electrons. The second-order valence-electron chi connectivity index (χ2n) is 3.41. The summed E-state index contributed by atoms with van der Waals surface area (Å²) in [6.45, 7) is 2.17. The van der Waals surface area contributed by atoms with Gasteiger partial charge in [-0.25, -0.2) is 26.7 Å². The number of nitrogens with two attached hydrogens (primary N) is 1. The van der Waals surface area contributed by atoms with E-state index in [-0.39, 0.29) is 9.79 Å². The van der Waals surface area contributed by atoms with Crippen LogP contribution < -0.4 is 9.86 Å². The van der Waals surface area contributed by atoms with Crippen molar-refractivity contribution in [2.75, 3.05) is 6.54 Å². The molecule has 0 atom stereocenters. The highest BCUT2D eigenvalue weighted by Gasteiger charge is 2.14. The molecule has 0 bridgehead atoms. The van der Waals surface area contributed by atoms with Crippen LogP contribution in [0.25, 0.3) is 0 Å². The molecule has 6 nitrogen and oxygen atoms in total. The quantitative estimate of drug-likeness (QED) is 0.792. The lowest BCUT2D eigenvalue weighted by Crippen LogP contribution is -2.24. The maximum Gasteiger partial charge on any atom is 0.240 e. The third-order valence-electron chi connectivity index (χ3n) is 2.00. The molecule has 0 fully saturated rings. The Labute approximate surface area is 101 Å². The molecular weight excluding hydrogens is 264 g/mol. The number of primary sulfonamides is 1. The number of hydrogen-bond donors (Lipinski definition) is 2. The molecule has 96 valence electrons. The molecule has 0 aromatic heterocycles. The summed E-state index contributed by atoms with van der Waals surface area (Å²) in [4.78, 5) is -0.106. The van der Waals surface area contributed by atoms with Crippen LogP contribution in [0, 0.1) is 0 Å². The lowest BCUT2D eigenvalue weighted by atomic mass is 10.4. The number of sulfonamides is 2. The Hall–Kier alpha value is -0.960. The zero-order valence-electron chi connectivity index (χ0n) is 9.25. The number of rotatable bonds is 5. The minimum atomic E-state index is -3.80. The van der Waals surface area contributed by atoms with E-state index in [0.29, 0.717) is 13.0 Å². The van der Waals surface area contributed by atoms with Gasteiger partial charge in [-0.1, -0.05) is 6.92 Å². The molecule has 0 spiro atoms. The van der Waals surface area contributed by atoms with Crippen LogP contribution in [0.5, 0.6) is 0 Å². The molecule has 0 saturated heterocycles. The first kappa shape index (κ1) is 14.1. The van der Waals surface area contributed by atoms with Gasteiger partial charge in [-0.2, -0.15) is 0 Å². The minimum absolute atomic E-state index is 0.0124. The van der Waals surface area contributed by atoms with Gasteiger partial charge < -0.3 is 0 Å². The molecule has 1 aromatic carbocycles. The van der Waals surface area contributed by atoms with E-state index in [9.17, 15) is 16.8 Å². The zero-order valence-corrected chi connectivity index (χ0v) is 10.9. The first-order valence-electron chi connectivity index (χ1n) is 4.90. The van der Waals surface area contributed by atoms with Gasteiger partial charge in [0, 0.05) is 6.54 Å². The minimum Gasteiger partial charge on any atom is -0.225 e. The molecule has 0 saturated carbocycles. The molecule has 0 aliphatic heterocycles. The summed E-state index contributed by atoms with van der Waals surface area (Å²) in [7, 11) is -7.37. The van der Waals surface area contributed by atoms with Crippen LogP contribution in [0.3, 0.4) is 0 Å². The maximum atomic E-state index is 11.7. The average molecular weight is 278 g/mol. The molecule has 8 heteroatoms. The van der Waals surface area contributed by atoms with E-state index in [0.717, 1.165) is 12.1 Å². The summed E-state index contributed by atoms with van der Waals surface area (Å²) >= 11 is 0. The lowest BCUT2D eigenvalue weighted by Gasteiger charge is -2.05. The Bertz CT molecular complexity index is 576. The topological polar surface area (TPSA) is 106 Å². The molecule has 0 amide bonds. The van der Waals surface area contributed by atoms with Crippen LogP contribution in [0.15, 0.2) is 34.1 Å². The first-order valence-corrected chi connectivity index (χ1v) is 7.93. The van der Waals surface area contributed by atoms with Gasteiger partial charge in [0.1, 0.15) is 0 Å². The Morgan fingerprint density at radius 3 is 1.94 bits per heavy atom. The molecule has 1 rings (SSSR count). The van der Waals surface area contributed by atoms with Crippen molar-refractivity contribution in [3.8, 4) is 0 Å². The van der Waals surface area contributed by atoms with E-state index in [1.165, 1.54) is 12.1 Å². The normalized spacial score (nSPS) is 12.6. The summed E-state index contributed by atoms with van der Waals surface area (Å²) in [5.74, 6) is 0. The van der Waals surface area contributed by atoms with Crippen LogP contribution in [-0.4, -0.2) is 23.4 Å². The van der Waals surface area contributed by atoms with Crippen molar-refractivity contribution in [3.05, 3.63) is 24.3 Å². The van der Waals surface area contributed by atoms with E-state index in [1.54, 1.807) is 0 Å². The molecule has 0 heterocycles. The molecule has 1 aromatic rings. The van der Waals surface area contributed by atoms with Gasteiger partial charge >= 0.3 is 0 Å². The lowest BCUT2D eigenvalue weighted by molar-refractivity contribution is 0.580. The first-order chi connectivity index (χ1) is 7.77. The smallest absolute Gasteiger partial charge is 0.225 e. The van der Waals surface area contributed by atoms with Gasteiger partial charge in [-0.3, -0.25) is 0 Å². The Kier molecular flexibility index (Phi) is 4.26. The third kappa shape index (κ3) is 3.77. The molecule has 3 N–H and O–H groups in total. The number of benzene rings is 1. The molecule has 0 aliphatic rings. The molecule has 0 unspecified atom stereocenters. The Morgan fingerprint density at radius 2 is 1.53 bits per heavy atom. The van der Waals surface area contributed by atoms with E-state index in [1.807, 2.05) is 6.92 Å². The highest BCUT2D eigenvalue weighted by molar-refractivity contribution is 7.89. The fraction of sp³-hybridized carbons (Fsp3) is 0.333. The van der Waals surface area contributed by atoms with Crippen LogP contribution >= 0.6 is 0 Å². The molecule has 17 heavy (non-hydrogen) atoms. The summed E-state index contributed by atoms with van der Waals surface area (Å²) < 4.78 is 47.7. The van der Waals surface area contributed by atoms with Crippen LogP contribution in [0.2, 0.25) is 0 Å². The van der Waals surface area contributed by atoms with Gasteiger partial charge in [-0.05, 0) is 30.7 Å². The standard InChI is InChI=1S/C9H14N2O4S2/c1-2-7-11-17(14,15)9-5-3-8(4-6-9)16(10,12)13/h3-6,11H,2,7H2,1H3,(H2,10,12,13). The van der Waals surface area contributed by atoms with Gasteiger partial charge in [0.05, 0.1) is 9.79 Å². The number of nitrogens with one attached hydrogen (secondary N) is 1. The van der Waals surface area contributed by atoms with E-state index >= 15 is 0 Å². The summed E-state index contributed by atoms with van der Waals surface area (Å²) in [5.41, 5.74) is 0. The molecule has 0 aliphatic carbocycles. The van der Waals surface area contributed by atoms with Gasteiger partial charge in [0.25, 0.3) is 0 Å². The van der Waals surface area contributed by atoms with E-state index in [2.05, 4.69) is 4.72 Å². The van der Waals surface area contributed by atoms with Crippen molar-refractivity contribution >= 4 is 20.0 Å². The van der Waals surface area contributed by atoms with E-state index < -0.39 is 20.0 Å². The highest BCUT2D eigenvalue weighted by atomic mass is 32.2. The maximum absolute atomic E-state index is 11.7. The third-order valence-corrected chi connectivity index (χ3v) is 4.41. The Balaban J connectivity index is 3.03. The largest absolute Gasteiger partial charge is 0.240 e. The average Bonchev–Trinajstić information content (AvgIpc) is 2.25. The number of hydrogen-bond acceptors (Lipinski definition) is 4. The van der Waals surface area contributed by atoms with Crippen molar-refractivity contribution in [1.29, 1.82) is 0 Å². The van der Waals surface area contributed by atoms with Crippen LogP contribution in [-0.2, 0) is 20.0 Å². The second kappa shape index (κ2) is 5.13. The SMILES string of the molecule is CCCNS(=O)(=O)c1ccc(S(N)(=O)=O)cc1. The zero-order chi connectivity index (χ0) is 13.1. The van der Waals surface area contributed by atoms with Gasteiger partial charge in [0.2, 0.25) is 20.0 Å². The van der Waals surface area contributed by atoms with Crippen molar-refractivity contribution in [2.24, 2.45) is 5.14 Å². The second-order valence-corrected chi connectivity index (χ2v) is 6.74. The van der Waals surface area contributed by atoms with Crippen molar-refractivity contribution in [3.63, 3.8) is 0 Å². The summed E-state index contributed by atoms with van der Waals surface area (Å²) in [5, 5.41) is 4.90. The predicted octanol–water partition coefficient (Wildman–Crippen LogP) is 0.0223. The predicted molar refractivity (Wildman–Crippen MR) is 63.3 cm³/mol. The van der Waals surface area contributed by atoms with Crippen LogP contribution in [0.1, 0.15) is 13.3 Å². The fourth-order valence-electron chi connectivity index (χ4n) is 1.13.